The average molecular weight is 342 g/mol. The van der Waals surface area contributed by atoms with Crippen LogP contribution >= 0.6 is 11.3 Å². The van der Waals surface area contributed by atoms with Crippen molar-refractivity contribution < 1.29 is 13.2 Å². The first-order chi connectivity index (χ1) is 10.5. The highest BCUT2D eigenvalue weighted by Gasteiger charge is 2.42. The van der Waals surface area contributed by atoms with Gasteiger partial charge in [0, 0.05) is 12.5 Å². The molecular formula is C15H22N2O3S2. The summed E-state index contributed by atoms with van der Waals surface area (Å²) in [6, 6.07) is 1.72. The Morgan fingerprint density at radius 2 is 2.09 bits per heavy atom. The van der Waals surface area contributed by atoms with Crippen LogP contribution in [-0.2, 0) is 21.1 Å². The molecule has 0 radical (unpaired) electrons. The van der Waals surface area contributed by atoms with Crippen LogP contribution in [0.25, 0.3) is 0 Å². The zero-order valence-corrected chi connectivity index (χ0v) is 14.2. The van der Waals surface area contributed by atoms with Crippen LogP contribution in [0.1, 0.15) is 24.8 Å². The van der Waals surface area contributed by atoms with Gasteiger partial charge in [-0.25, -0.2) is 8.42 Å². The Morgan fingerprint density at radius 3 is 2.77 bits per heavy atom. The fourth-order valence-corrected chi connectivity index (χ4v) is 6.03. The molecule has 1 amide bonds. The Morgan fingerprint density at radius 1 is 1.32 bits per heavy atom. The molecule has 1 aromatic rings. The second-order valence-corrected chi connectivity index (χ2v) is 9.13. The van der Waals surface area contributed by atoms with E-state index >= 15 is 0 Å². The van der Waals surface area contributed by atoms with Crippen molar-refractivity contribution in [2.24, 2.45) is 0 Å². The molecule has 1 N–H and O–H groups in total. The lowest BCUT2D eigenvalue weighted by atomic mass is 10.1. The number of rotatable bonds is 5. The highest BCUT2D eigenvalue weighted by Crippen LogP contribution is 2.22. The van der Waals surface area contributed by atoms with Gasteiger partial charge in [0.05, 0.1) is 17.5 Å². The third kappa shape index (κ3) is 3.88. The molecule has 0 saturated carbocycles. The van der Waals surface area contributed by atoms with Crippen LogP contribution in [0.2, 0.25) is 0 Å². The summed E-state index contributed by atoms with van der Waals surface area (Å²) in [6.45, 7) is 1.89. The standard InChI is InChI=1S/C15H22N2O3S2/c18-15(4-3-12-5-8-21-9-12)16-13-10-22(19,20)11-14(13)17-6-1-2-7-17/h5,8-9,13-14H,1-4,6-7,10-11H2,(H,16,18)/t13-,14-/m0/s1. The molecule has 22 heavy (non-hydrogen) atoms. The van der Waals surface area contributed by atoms with Gasteiger partial charge in [-0.3, -0.25) is 9.69 Å². The molecule has 0 spiro atoms. The van der Waals surface area contributed by atoms with Gasteiger partial charge in [0.15, 0.2) is 9.84 Å². The van der Waals surface area contributed by atoms with E-state index in [4.69, 9.17) is 0 Å². The van der Waals surface area contributed by atoms with Crippen LogP contribution in [0.4, 0.5) is 0 Å². The molecule has 2 aliphatic heterocycles. The van der Waals surface area contributed by atoms with Crippen molar-refractivity contribution in [1.29, 1.82) is 0 Å². The van der Waals surface area contributed by atoms with E-state index in [1.165, 1.54) is 0 Å². The lowest BCUT2D eigenvalue weighted by molar-refractivity contribution is -0.121. The number of nitrogens with zero attached hydrogens (tertiary/aromatic N) is 1. The van der Waals surface area contributed by atoms with E-state index in [-0.39, 0.29) is 29.5 Å². The maximum Gasteiger partial charge on any atom is 0.220 e. The fourth-order valence-electron chi connectivity index (χ4n) is 3.37. The van der Waals surface area contributed by atoms with Gasteiger partial charge in [0.1, 0.15) is 0 Å². The lowest BCUT2D eigenvalue weighted by Gasteiger charge is -2.28. The number of amides is 1. The number of thiophene rings is 1. The van der Waals surface area contributed by atoms with Crippen LogP contribution < -0.4 is 5.32 Å². The predicted octanol–water partition coefficient (Wildman–Crippen LogP) is 1.06. The first-order valence-corrected chi connectivity index (χ1v) is 10.5. The summed E-state index contributed by atoms with van der Waals surface area (Å²) in [4.78, 5) is 14.4. The second-order valence-electron chi connectivity index (χ2n) is 6.19. The summed E-state index contributed by atoms with van der Waals surface area (Å²) >= 11 is 1.62. The highest BCUT2D eigenvalue weighted by molar-refractivity contribution is 7.91. The normalized spacial score (nSPS) is 28.0. The Bertz CT molecular complexity index is 607. The van der Waals surface area contributed by atoms with E-state index in [0.29, 0.717) is 12.8 Å². The average Bonchev–Trinajstić information content (AvgIpc) is 3.17. The molecule has 0 unspecified atom stereocenters. The Kier molecular flexibility index (Phi) is 4.84. The number of hydrogen-bond acceptors (Lipinski definition) is 5. The Hall–Kier alpha value is -0.920. The SMILES string of the molecule is O=C(CCc1ccsc1)N[C@H]1CS(=O)(=O)C[C@@H]1N1CCCC1. The first kappa shape index (κ1) is 16.0. The van der Waals surface area contributed by atoms with Crippen molar-refractivity contribution in [1.82, 2.24) is 10.2 Å². The smallest absolute Gasteiger partial charge is 0.220 e. The predicted molar refractivity (Wildman–Crippen MR) is 87.8 cm³/mol. The summed E-state index contributed by atoms with van der Waals surface area (Å²) in [7, 11) is -3.04. The number of aryl methyl sites for hydroxylation is 1. The summed E-state index contributed by atoms with van der Waals surface area (Å²) < 4.78 is 23.9. The first-order valence-electron chi connectivity index (χ1n) is 7.78. The third-order valence-corrected chi connectivity index (χ3v) is 6.95. The number of sulfone groups is 1. The quantitative estimate of drug-likeness (QED) is 0.869. The minimum atomic E-state index is -3.04. The summed E-state index contributed by atoms with van der Waals surface area (Å²) in [6.07, 6.45) is 3.37. The van der Waals surface area contributed by atoms with Gasteiger partial charge in [-0.1, -0.05) is 0 Å². The van der Waals surface area contributed by atoms with Crippen molar-refractivity contribution in [3.8, 4) is 0 Å². The van der Waals surface area contributed by atoms with Gasteiger partial charge in [0.2, 0.25) is 5.91 Å². The topological polar surface area (TPSA) is 66.5 Å². The molecule has 7 heteroatoms. The van der Waals surface area contributed by atoms with Crippen molar-refractivity contribution in [2.45, 2.75) is 37.8 Å². The number of hydrogen-bond donors (Lipinski definition) is 1. The molecule has 1 aromatic heterocycles. The van der Waals surface area contributed by atoms with Gasteiger partial charge < -0.3 is 5.32 Å². The Labute approximate surface area is 135 Å². The number of nitrogens with one attached hydrogen (secondary N) is 1. The summed E-state index contributed by atoms with van der Waals surface area (Å²) in [5, 5.41) is 7.01. The minimum Gasteiger partial charge on any atom is -0.351 e. The van der Waals surface area contributed by atoms with E-state index < -0.39 is 9.84 Å². The van der Waals surface area contributed by atoms with Crippen molar-refractivity contribution in [2.75, 3.05) is 24.6 Å². The molecule has 0 aliphatic carbocycles. The molecule has 3 heterocycles. The highest BCUT2D eigenvalue weighted by atomic mass is 32.2. The van der Waals surface area contributed by atoms with Gasteiger partial charge in [0.25, 0.3) is 0 Å². The van der Waals surface area contributed by atoms with E-state index in [0.717, 1.165) is 31.5 Å². The third-order valence-electron chi connectivity index (χ3n) is 4.50. The van der Waals surface area contributed by atoms with Crippen LogP contribution in [0.3, 0.4) is 0 Å². The van der Waals surface area contributed by atoms with E-state index in [1.807, 2.05) is 16.8 Å². The minimum absolute atomic E-state index is 0.0439. The van der Waals surface area contributed by atoms with Crippen molar-refractivity contribution in [3.05, 3.63) is 22.4 Å². The molecule has 2 saturated heterocycles. The molecule has 3 rings (SSSR count). The van der Waals surface area contributed by atoms with Crippen LogP contribution in [-0.4, -0.2) is 55.9 Å². The number of carbonyl (C=O) groups is 1. The van der Waals surface area contributed by atoms with Crippen LogP contribution in [0, 0.1) is 0 Å². The monoisotopic (exact) mass is 342 g/mol. The lowest BCUT2D eigenvalue weighted by Crippen LogP contribution is -2.50. The number of carbonyl (C=O) groups excluding carboxylic acids is 1. The molecule has 2 fully saturated rings. The van der Waals surface area contributed by atoms with Crippen molar-refractivity contribution >= 4 is 27.1 Å². The molecular weight excluding hydrogens is 320 g/mol. The van der Waals surface area contributed by atoms with Gasteiger partial charge in [-0.05, 0) is 54.7 Å². The van der Waals surface area contributed by atoms with Gasteiger partial charge >= 0.3 is 0 Å². The molecule has 0 aromatic carbocycles. The fraction of sp³-hybridized carbons (Fsp3) is 0.667. The molecule has 2 aliphatic rings. The number of likely N-dealkylation sites (tertiary alicyclic amines) is 1. The molecule has 5 nitrogen and oxygen atoms in total. The maximum absolute atomic E-state index is 12.1. The zero-order valence-electron chi connectivity index (χ0n) is 12.5. The van der Waals surface area contributed by atoms with Gasteiger partial charge in [-0.15, -0.1) is 0 Å². The zero-order chi connectivity index (χ0) is 15.6. The second kappa shape index (κ2) is 6.68. The maximum atomic E-state index is 12.1. The largest absolute Gasteiger partial charge is 0.351 e. The summed E-state index contributed by atoms with van der Waals surface area (Å²) in [5.74, 6) is 0.221. The summed E-state index contributed by atoms with van der Waals surface area (Å²) in [5.41, 5.74) is 1.16. The molecule has 0 bridgehead atoms. The van der Waals surface area contributed by atoms with E-state index in [1.54, 1.807) is 11.3 Å². The molecule has 2 atom stereocenters. The molecule has 122 valence electrons. The van der Waals surface area contributed by atoms with Crippen LogP contribution in [0.15, 0.2) is 16.8 Å². The van der Waals surface area contributed by atoms with E-state index in [9.17, 15) is 13.2 Å². The van der Waals surface area contributed by atoms with Crippen molar-refractivity contribution in [3.63, 3.8) is 0 Å². The Balaban J connectivity index is 1.57. The van der Waals surface area contributed by atoms with Gasteiger partial charge in [-0.2, -0.15) is 11.3 Å². The van der Waals surface area contributed by atoms with E-state index in [2.05, 4.69) is 10.2 Å². The van der Waals surface area contributed by atoms with Crippen LogP contribution in [0.5, 0.6) is 0 Å².